The highest BCUT2D eigenvalue weighted by molar-refractivity contribution is 6.69. The number of esters is 1. The number of allylic oxidation sites excluding steroid dienone is 2. The largest absolute Gasteiger partial charge is 0.452 e. The van der Waals surface area contributed by atoms with Gasteiger partial charge in [0.2, 0.25) is 0 Å². The van der Waals surface area contributed by atoms with Gasteiger partial charge in [-0.15, -0.1) is 0 Å². The van der Waals surface area contributed by atoms with E-state index in [1.54, 1.807) is 6.08 Å². The Morgan fingerprint density at radius 1 is 1.15 bits per heavy atom. The van der Waals surface area contributed by atoms with E-state index in [1.165, 1.54) is 0 Å². The van der Waals surface area contributed by atoms with Crippen molar-refractivity contribution in [3.63, 3.8) is 0 Å². The molecule has 0 radical (unpaired) electrons. The molecule has 1 aliphatic rings. The molecule has 0 N–H and O–H groups in total. The molecule has 0 spiro atoms. The molecule has 26 heavy (non-hydrogen) atoms. The van der Waals surface area contributed by atoms with Crippen LogP contribution in [0.2, 0.25) is 19.6 Å². The van der Waals surface area contributed by atoms with Gasteiger partial charge in [-0.25, -0.2) is 4.79 Å². The third-order valence-corrected chi connectivity index (χ3v) is 4.81. The van der Waals surface area contributed by atoms with Gasteiger partial charge >= 0.3 is 5.97 Å². The zero-order chi connectivity index (χ0) is 20.0. The smallest absolute Gasteiger partial charge is 0.330 e. The Kier molecular flexibility index (Phi) is 8.01. The van der Waals surface area contributed by atoms with E-state index in [0.29, 0.717) is 13.2 Å². The average Bonchev–Trinajstić information content (AvgIpc) is 2.52. The summed E-state index contributed by atoms with van der Waals surface area (Å²) >= 11 is 0. The van der Waals surface area contributed by atoms with Crippen molar-refractivity contribution in [1.29, 1.82) is 0 Å². The molecule has 0 bridgehead atoms. The Labute approximate surface area is 159 Å². The summed E-state index contributed by atoms with van der Waals surface area (Å²) < 4.78 is 23.1. The molecule has 0 aromatic heterocycles. The quantitative estimate of drug-likeness (QED) is 0.272. The Bertz CT molecular complexity index is 535. The molecule has 1 heterocycles. The van der Waals surface area contributed by atoms with Crippen LogP contribution < -0.4 is 0 Å². The van der Waals surface area contributed by atoms with Crippen LogP contribution in [-0.4, -0.2) is 45.5 Å². The highest BCUT2D eigenvalue weighted by Crippen LogP contribution is 2.29. The van der Waals surface area contributed by atoms with E-state index in [2.05, 4.69) is 40.1 Å². The van der Waals surface area contributed by atoms with E-state index in [4.69, 9.17) is 18.6 Å². The highest BCUT2D eigenvalue weighted by atomic mass is 28.4. The number of hydrogen-bond donors (Lipinski definition) is 0. The van der Waals surface area contributed by atoms with Gasteiger partial charge in [-0.1, -0.05) is 32.6 Å². The second kappa shape index (κ2) is 9.13. The van der Waals surface area contributed by atoms with E-state index >= 15 is 0 Å². The van der Waals surface area contributed by atoms with Crippen LogP contribution in [0, 0.1) is 5.41 Å². The Balaban J connectivity index is 2.74. The number of rotatable bonds is 8. The van der Waals surface area contributed by atoms with Gasteiger partial charge in [-0.05, 0) is 45.6 Å². The molecule has 6 heteroatoms. The summed E-state index contributed by atoms with van der Waals surface area (Å²) in [5.74, 6) is -1.21. The minimum Gasteiger partial charge on any atom is -0.452 e. The van der Waals surface area contributed by atoms with Gasteiger partial charge in [0.1, 0.15) is 6.10 Å². The first-order chi connectivity index (χ1) is 11.9. The number of ether oxygens (including phenoxy) is 3. The summed E-state index contributed by atoms with van der Waals surface area (Å²) in [6, 6.07) is 0. The predicted molar refractivity (Wildman–Crippen MR) is 106 cm³/mol. The van der Waals surface area contributed by atoms with Crippen LogP contribution in [0.15, 0.2) is 37.0 Å². The van der Waals surface area contributed by atoms with Crippen molar-refractivity contribution < 1.29 is 23.4 Å². The van der Waals surface area contributed by atoms with Gasteiger partial charge in [0.25, 0.3) is 0 Å². The van der Waals surface area contributed by atoms with E-state index in [-0.39, 0.29) is 11.5 Å². The van der Waals surface area contributed by atoms with Crippen LogP contribution in [-0.2, 0) is 23.4 Å². The second-order valence-corrected chi connectivity index (χ2v) is 13.0. The van der Waals surface area contributed by atoms with Crippen LogP contribution in [0.25, 0.3) is 0 Å². The molecule has 0 aromatic rings. The Morgan fingerprint density at radius 2 is 1.73 bits per heavy atom. The fourth-order valence-electron chi connectivity index (χ4n) is 2.36. The minimum absolute atomic E-state index is 0.0246. The van der Waals surface area contributed by atoms with Crippen molar-refractivity contribution in [1.82, 2.24) is 0 Å². The van der Waals surface area contributed by atoms with Crippen LogP contribution in [0.1, 0.15) is 27.7 Å². The van der Waals surface area contributed by atoms with Gasteiger partial charge in [-0.2, -0.15) is 0 Å². The van der Waals surface area contributed by atoms with Crippen molar-refractivity contribution in [3.05, 3.63) is 37.0 Å². The molecule has 0 saturated carbocycles. The van der Waals surface area contributed by atoms with Gasteiger partial charge < -0.3 is 18.6 Å². The molecule has 1 rings (SSSR count). The van der Waals surface area contributed by atoms with Gasteiger partial charge in [0.15, 0.2) is 14.1 Å². The lowest BCUT2D eigenvalue weighted by Gasteiger charge is -2.39. The third kappa shape index (κ3) is 8.45. The van der Waals surface area contributed by atoms with Crippen molar-refractivity contribution in [3.8, 4) is 0 Å². The average molecular weight is 383 g/mol. The van der Waals surface area contributed by atoms with Crippen molar-refractivity contribution in [2.45, 2.75) is 65.3 Å². The molecule has 0 unspecified atom stereocenters. The molecule has 1 saturated heterocycles. The molecule has 0 aliphatic carbocycles. The standard InChI is InChI=1S/C20H34O5Si/c1-9-18(21)24-17(16(2)25-26(6,7)8)12-10-11-13-20(5)22-14-19(3,4)15-23-20/h9-13,16-17H,1,14-15H2,2-8H3/b12-10+,13-11+/t16-,17+/m0/s1. The van der Waals surface area contributed by atoms with Gasteiger partial charge in [0, 0.05) is 11.5 Å². The van der Waals surface area contributed by atoms with Crippen LogP contribution in [0.4, 0.5) is 0 Å². The van der Waals surface area contributed by atoms with Gasteiger partial charge in [0.05, 0.1) is 19.3 Å². The number of carbonyl (C=O) groups excluding carboxylic acids is 1. The summed E-state index contributed by atoms with van der Waals surface area (Å²) in [5.41, 5.74) is 0.0246. The van der Waals surface area contributed by atoms with Crippen molar-refractivity contribution >= 4 is 14.3 Å². The molecule has 1 fully saturated rings. The summed E-state index contributed by atoms with van der Waals surface area (Å²) in [4.78, 5) is 11.6. The SMILES string of the molecule is C=CC(=O)O[C@H](/C=C/C=C/C1(C)OCC(C)(C)CO1)[C@H](C)O[Si](C)(C)C. The first-order valence-corrected chi connectivity index (χ1v) is 12.4. The Hall–Kier alpha value is -1.21. The third-order valence-electron chi connectivity index (χ3n) is 3.73. The van der Waals surface area contributed by atoms with E-state index in [9.17, 15) is 4.79 Å². The lowest BCUT2D eigenvalue weighted by molar-refractivity contribution is -0.262. The van der Waals surface area contributed by atoms with Crippen molar-refractivity contribution in [2.24, 2.45) is 5.41 Å². The first kappa shape index (κ1) is 22.8. The monoisotopic (exact) mass is 382 g/mol. The molecule has 1 aliphatic heterocycles. The molecule has 0 aromatic carbocycles. The van der Waals surface area contributed by atoms with Crippen LogP contribution >= 0.6 is 0 Å². The zero-order valence-corrected chi connectivity index (χ0v) is 18.2. The number of carbonyl (C=O) groups is 1. The van der Waals surface area contributed by atoms with E-state index < -0.39 is 26.2 Å². The predicted octanol–water partition coefficient (Wildman–Crippen LogP) is 4.23. The fourth-order valence-corrected chi connectivity index (χ4v) is 3.61. The summed E-state index contributed by atoms with van der Waals surface area (Å²) in [6.07, 6.45) is 7.75. The Morgan fingerprint density at radius 3 is 2.23 bits per heavy atom. The van der Waals surface area contributed by atoms with E-state index in [1.807, 2.05) is 32.1 Å². The molecule has 2 atom stereocenters. The molecule has 0 amide bonds. The van der Waals surface area contributed by atoms with Crippen molar-refractivity contribution in [2.75, 3.05) is 13.2 Å². The summed E-state index contributed by atoms with van der Waals surface area (Å²) in [7, 11) is -1.75. The zero-order valence-electron chi connectivity index (χ0n) is 17.2. The minimum atomic E-state index is -1.75. The lowest BCUT2D eigenvalue weighted by atomic mass is 9.95. The fraction of sp³-hybridized carbons (Fsp3) is 0.650. The summed E-state index contributed by atoms with van der Waals surface area (Å²) in [5, 5.41) is 0. The first-order valence-electron chi connectivity index (χ1n) is 9.01. The molecular weight excluding hydrogens is 348 g/mol. The second-order valence-electron chi connectivity index (χ2n) is 8.54. The van der Waals surface area contributed by atoms with Crippen LogP contribution in [0.5, 0.6) is 0 Å². The maximum Gasteiger partial charge on any atom is 0.330 e. The molecule has 148 valence electrons. The van der Waals surface area contributed by atoms with E-state index in [0.717, 1.165) is 6.08 Å². The highest BCUT2D eigenvalue weighted by Gasteiger charge is 2.34. The maximum atomic E-state index is 11.6. The topological polar surface area (TPSA) is 54.0 Å². The normalized spacial score (nSPS) is 22.3. The molecular formula is C20H34O5Si. The summed E-state index contributed by atoms with van der Waals surface area (Å²) in [6.45, 7) is 19.0. The molecule has 5 nitrogen and oxygen atoms in total. The maximum absolute atomic E-state index is 11.6. The van der Waals surface area contributed by atoms with Crippen LogP contribution in [0.3, 0.4) is 0 Å². The number of hydrogen-bond acceptors (Lipinski definition) is 5. The van der Waals surface area contributed by atoms with Gasteiger partial charge in [-0.3, -0.25) is 0 Å². The lowest BCUT2D eigenvalue weighted by Crippen LogP contribution is -2.44.